The molecular formula is C18H12Cl3NO3. The zero-order valence-corrected chi connectivity index (χ0v) is 15.0. The first-order valence-electron chi connectivity index (χ1n) is 7.24. The number of furan rings is 1. The van der Waals surface area contributed by atoms with E-state index < -0.39 is 0 Å². The normalized spacial score (nSPS) is 10.7. The van der Waals surface area contributed by atoms with E-state index >= 15 is 0 Å². The number of anilines is 1. The van der Waals surface area contributed by atoms with Crippen molar-refractivity contribution in [2.75, 3.05) is 5.32 Å². The van der Waals surface area contributed by atoms with Crippen LogP contribution in [0.4, 0.5) is 5.69 Å². The minimum atomic E-state index is -0.331. The van der Waals surface area contributed by atoms with Crippen LogP contribution < -0.4 is 5.32 Å². The van der Waals surface area contributed by atoms with Crippen LogP contribution in [0.1, 0.15) is 16.1 Å². The van der Waals surface area contributed by atoms with Crippen molar-refractivity contribution in [1.82, 2.24) is 0 Å². The first kappa shape index (κ1) is 17.8. The number of rotatable bonds is 4. The Labute approximate surface area is 158 Å². The molecule has 3 rings (SSSR count). The number of carbonyl (C=O) groups is 1. The lowest BCUT2D eigenvalue weighted by molar-refractivity contribution is 0.102. The molecule has 1 amide bonds. The van der Waals surface area contributed by atoms with Crippen molar-refractivity contribution in [3.05, 3.63) is 74.9 Å². The molecule has 0 fully saturated rings. The van der Waals surface area contributed by atoms with Gasteiger partial charge in [-0.1, -0.05) is 34.8 Å². The maximum absolute atomic E-state index is 12.4. The fraction of sp³-hybridized carbons (Fsp3) is 0.0556. The van der Waals surface area contributed by atoms with E-state index in [1.807, 2.05) is 0 Å². The minimum Gasteiger partial charge on any atom is -0.459 e. The van der Waals surface area contributed by atoms with Gasteiger partial charge in [0.15, 0.2) is 0 Å². The molecule has 0 atom stereocenters. The monoisotopic (exact) mass is 395 g/mol. The van der Waals surface area contributed by atoms with Crippen molar-refractivity contribution in [1.29, 1.82) is 0 Å². The lowest BCUT2D eigenvalue weighted by atomic mass is 10.1. The highest BCUT2D eigenvalue weighted by atomic mass is 35.5. The Morgan fingerprint density at radius 3 is 2.40 bits per heavy atom. The summed E-state index contributed by atoms with van der Waals surface area (Å²) < 4.78 is 5.49. The first-order valence-corrected chi connectivity index (χ1v) is 8.37. The van der Waals surface area contributed by atoms with Gasteiger partial charge in [0.2, 0.25) is 0 Å². The summed E-state index contributed by atoms with van der Waals surface area (Å²) in [6.07, 6.45) is 0. The lowest BCUT2D eigenvalue weighted by Gasteiger charge is -2.09. The summed E-state index contributed by atoms with van der Waals surface area (Å²) in [6, 6.07) is 13.0. The van der Waals surface area contributed by atoms with Crippen LogP contribution in [-0.2, 0) is 6.61 Å². The molecule has 0 unspecified atom stereocenters. The second kappa shape index (κ2) is 7.50. The number of aliphatic hydroxyl groups is 1. The molecular weight excluding hydrogens is 385 g/mol. The second-order valence-corrected chi connectivity index (χ2v) is 6.42. The fourth-order valence-corrected chi connectivity index (χ4v) is 2.75. The number of carbonyl (C=O) groups excluding carboxylic acids is 1. The van der Waals surface area contributed by atoms with Gasteiger partial charge in [0.25, 0.3) is 5.91 Å². The standard InChI is InChI=1S/C18H12Cl3NO3/c19-14-5-2-11(8-13(14)17-6-3-12(9-23)25-17)22-18(24)10-1-4-15(20)16(21)7-10/h1-8,23H,9H2,(H,22,24). The highest BCUT2D eigenvalue weighted by Gasteiger charge is 2.12. The van der Waals surface area contributed by atoms with Gasteiger partial charge in [-0.2, -0.15) is 0 Å². The van der Waals surface area contributed by atoms with E-state index in [-0.39, 0.29) is 12.5 Å². The van der Waals surface area contributed by atoms with Crippen LogP contribution >= 0.6 is 34.8 Å². The largest absolute Gasteiger partial charge is 0.459 e. The number of benzene rings is 2. The zero-order valence-electron chi connectivity index (χ0n) is 12.7. The van der Waals surface area contributed by atoms with Crippen molar-refractivity contribution < 1.29 is 14.3 Å². The number of hydrogen-bond donors (Lipinski definition) is 2. The molecule has 0 aliphatic rings. The molecule has 3 aromatic rings. The summed E-state index contributed by atoms with van der Waals surface area (Å²) in [7, 11) is 0. The summed E-state index contributed by atoms with van der Waals surface area (Å²) in [5.41, 5.74) is 1.53. The highest BCUT2D eigenvalue weighted by molar-refractivity contribution is 6.42. The molecule has 2 aromatic carbocycles. The molecule has 0 aliphatic carbocycles. The molecule has 1 heterocycles. The van der Waals surface area contributed by atoms with Gasteiger partial charge in [-0.15, -0.1) is 0 Å². The van der Waals surface area contributed by atoms with E-state index in [2.05, 4.69) is 5.32 Å². The summed E-state index contributed by atoms with van der Waals surface area (Å²) >= 11 is 18.0. The molecule has 7 heteroatoms. The van der Waals surface area contributed by atoms with Crippen LogP contribution in [0.5, 0.6) is 0 Å². The Bertz CT molecular complexity index is 937. The van der Waals surface area contributed by atoms with E-state index in [0.717, 1.165) is 0 Å². The van der Waals surface area contributed by atoms with Gasteiger partial charge < -0.3 is 14.8 Å². The Hall–Kier alpha value is -1.98. The molecule has 25 heavy (non-hydrogen) atoms. The van der Waals surface area contributed by atoms with Crippen LogP contribution in [0.3, 0.4) is 0 Å². The molecule has 0 aliphatic heterocycles. The average Bonchev–Trinajstić information content (AvgIpc) is 3.08. The Morgan fingerprint density at radius 2 is 1.72 bits per heavy atom. The average molecular weight is 397 g/mol. The molecule has 0 spiro atoms. The maximum Gasteiger partial charge on any atom is 0.255 e. The van der Waals surface area contributed by atoms with Gasteiger partial charge >= 0.3 is 0 Å². The maximum atomic E-state index is 12.4. The van der Waals surface area contributed by atoms with Crippen LogP contribution in [-0.4, -0.2) is 11.0 Å². The van der Waals surface area contributed by atoms with Crippen molar-refractivity contribution >= 4 is 46.4 Å². The molecule has 128 valence electrons. The van der Waals surface area contributed by atoms with E-state index in [1.165, 1.54) is 6.07 Å². The van der Waals surface area contributed by atoms with Crippen LogP contribution in [0.2, 0.25) is 15.1 Å². The van der Waals surface area contributed by atoms with E-state index in [1.54, 1.807) is 42.5 Å². The Balaban J connectivity index is 1.86. The summed E-state index contributed by atoms with van der Waals surface area (Å²) in [5, 5.41) is 13.0. The Kier molecular flexibility index (Phi) is 5.35. The number of hydrogen-bond acceptors (Lipinski definition) is 3. The third-order valence-electron chi connectivity index (χ3n) is 3.49. The van der Waals surface area contributed by atoms with Crippen LogP contribution in [0.15, 0.2) is 52.9 Å². The third kappa shape index (κ3) is 3.99. The van der Waals surface area contributed by atoms with E-state index in [0.29, 0.717) is 43.4 Å². The predicted molar refractivity (Wildman–Crippen MR) is 99.5 cm³/mol. The first-order chi connectivity index (χ1) is 12.0. The third-order valence-corrected chi connectivity index (χ3v) is 4.56. The van der Waals surface area contributed by atoms with Crippen molar-refractivity contribution in [2.45, 2.75) is 6.61 Å². The molecule has 2 N–H and O–H groups in total. The van der Waals surface area contributed by atoms with Gasteiger partial charge in [-0.3, -0.25) is 4.79 Å². The molecule has 0 saturated carbocycles. The lowest BCUT2D eigenvalue weighted by Crippen LogP contribution is -2.11. The number of amides is 1. The number of nitrogens with one attached hydrogen (secondary N) is 1. The molecule has 0 saturated heterocycles. The fourth-order valence-electron chi connectivity index (χ4n) is 2.24. The molecule has 1 aromatic heterocycles. The summed E-state index contributed by atoms with van der Waals surface area (Å²) in [4.78, 5) is 12.4. The number of halogens is 3. The quantitative estimate of drug-likeness (QED) is 0.599. The van der Waals surface area contributed by atoms with Gasteiger partial charge in [0.1, 0.15) is 18.1 Å². The SMILES string of the molecule is O=C(Nc1ccc(Cl)c(-c2ccc(CO)o2)c1)c1ccc(Cl)c(Cl)c1. The van der Waals surface area contributed by atoms with Gasteiger partial charge in [0.05, 0.1) is 15.1 Å². The topological polar surface area (TPSA) is 62.5 Å². The van der Waals surface area contributed by atoms with Gasteiger partial charge in [-0.05, 0) is 48.5 Å². The predicted octanol–water partition coefficient (Wildman–Crippen LogP) is 5.65. The van der Waals surface area contributed by atoms with Gasteiger partial charge in [0, 0.05) is 16.8 Å². The highest BCUT2D eigenvalue weighted by Crippen LogP contribution is 2.32. The molecule has 0 radical (unpaired) electrons. The number of aliphatic hydroxyl groups excluding tert-OH is 1. The van der Waals surface area contributed by atoms with E-state index in [4.69, 9.17) is 44.3 Å². The zero-order chi connectivity index (χ0) is 18.0. The molecule has 4 nitrogen and oxygen atoms in total. The smallest absolute Gasteiger partial charge is 0.255 e. The Morgan fingerprint density at radius 1 is 0.960 bits per heavy atom. The summed E-state index contributed by atoms with van der Waals surface area (Å²) in [6.45, 7) is -0.203. The van der Waals surface area contributed by atoms with E-state index in [9.17, 15) is 4.79 Å². The van der Waals surface area contributed by atoms with Crippen LogP contribution in [0.25, 0.3) is 11.3 Å². The summed E-state index contributed by atoms with van der Waals surface area (Å²) in [5.74, 6) is 0.596. The van der Waals surface area contributed by atoms with Crippen LogP contribution in [0, 0.1) is 0 Å². The minimum absolute atomic E-state index is 0.203. The van der Waals surface area contributed by atoms with Gasteiger partial charge in [-0.25, -0.2) is 0 Å². The van der Waals surface area contributed by atoms with Crippen molar-refractivity contribution in [3.8, 4) is 11.3 Å². The van der Waals surface area contributed by atoms with Crippen molar-refractivity contribution in [3.63, 3.8) is 0 Å². The molecule has 0 bridgehead atoms. The van der Waals surface area contributed by atoms with Crippen molar-refractivity contribution in [2.24, 2.45) is 0 Å². The second-order valence-electron chi connectivity index (χ2n) is 5.20.